The lowest BCUT2D eigenvalue weighted by molar-refractivity contribution is 0.342. The molecule has 0 aliphatic heterocycles. The number of benzene rings is 2. The summed E-state index contributed by atoms with van der Waals surface area (Å²) < 4.78 is 5.61. The average molecular weight is 335 g/mol. The smallest absolute Gasteiger partial charge is 0.244 e. The van der Waals surface area contributed by atoms with E-state index in [-0.39, 0.29) is 0 Å². The monoisotopic (exact) mass is 335 g/mol. The number of para-hydroxylation sites is 2. The fraction of sp³-hybridized carbons (Fsp3) is 0.211. The maximum atomic E-state index is 5.61. The van der Waals surface area contributed by atoms with Crippen molar-refractivity contribution in [2.45, 2.75) is 13.3 Å². The molecule has 0 atom stereocenters. The minimum Gasteiger partial charge on any atom is -0.492 e. The molecule has 0 saturated heterocycles. The lowest BCUT2D eigenvalue weighted by atomic mass is 10.1. The molecule has 0 aliphatic rings. The van der Waals surface area contributed by atoms with Gasteiger partial charge in [0.05, 0.1) is 18.5 Å². The fourth-order valence-corrected chi connectivity index (χ4v) is 2.39. The Bertz CT molecular complexity index is 795. The van der Waals surface area contributed by atoms with Crippen molar-refractivity contribution in [3.8, 4) is 5.75 Å². The zero-order valence-electron chi connectivity index (χ0n) is 14.1. The van der Waals surface area contributed by atoms with Crippen LogP contribution in [0.2, 0.25) is 0 Å². The Kier molecular flexibility index (Phi) is 5.77. The van der Waals surface area contributed by atoms with Gasteiger partial charge in [-0.2, -0.15) is 10.1 Å². The van der Waals surface area contributed by atoms with Crippen molar-refractivity contribution in [1.82, 2.24) is 15.2 Å². The second kappa shape index (κ2) is 8.63. The Morgan fingerprint density at radius 3 is 2.64 bits per heavy atom. The predicted octanol–water partition coefficient (Wildman–Crippen LogP) is 3.67. The first-order valence-electron chi connectivity index (χ1n) is 8.31. The van der Waals surface area contributed by atoms with Crippen LogP contribution in [0.25, 0.3) is 0 Å². The minimum absolute atomic E-state index is 0.495. The molecule has 6 nitrogen and oxygen atoms in total. The quantitative estimate of drug-likeness (QED) is 0.654. The molecule has 0 amide bonds. The molecule has 3 rings (SSSR count). The number of nitrogens with one attached hydrogen (secondary N) is 2. The molecule has 0 unspecified atom stereocenters. The highest BCUT2D eigenvalue weighted by atomic mass is 16.5. The number of hydrogen-bond donors (Lipinski definition) is 2. The van der Waals surface area contributed by atoms with Crippen LogP contribution in [0.3, 0.4) is 0 Å². The van der Waals surface area contributed by atoms with Gasteiger partial charge in [0.15, 0.2) is 5.82 Å². The molecule has 128 valence electrons. The van der Waals surface area contributed by atoms with Gasteiger partial charge in [0, 0.05) is 6.54 Å². The summed E-state index contributed by atoms with van der Waals surface area (Å²) >= 11 is 0. The second-order valence-corrected chi connectivity index (χ2v) is 5.38. The van der Waals surface area contributed by atoms with Gasteiger partial charge in [-0.3, -0.25) is 0 Å². The summed E-state index contributed by atoms with van der Waals surface area (Å²) in [6.07, 6.45) is 2.49. The van der Waals surface area contributed by atoms with Crippen molar-refractivity contribution in [1.29, 1.82) is 0 Å². The summed E-state index contributed by atoms with van der Waals surface area (Å²) in [7, 11) is 0. The zero-order chi connectivity index (χ0) is 17.3. The van der Waals surface area contributed by atoms with Gasteiger partial charge in [-0.25, -0.2) is 0 Å². The average Bonchev–Trinajstić information content (AvgIpc) is 2.65. The van der Waals surface area contributed by atoms with Crippen molar-refractivity contribution in [2.24, 2.45) is 0 Å². The molecule has 2 N–H and O–H groups in total. The van der Waals surface area contributed by atoms with Crippen LogP contribution in [0.5, 0.6) is 5.75 Å². The van der Waals surface area contributed by atoms with E-state index >= 15 is 0 Å². The molecular formula is C19H21N5O. The highest BCUT2D eigenvalue weighted by Gasteiger charge is 2.05. The van der Waals surface area contributed by atoms with Gasteiger partial charge in [0.25, 0.3) is 0 Å². The molecule has 3 aromatic rings. The molecule has 1 heterocycles. The van der Waals surface area contributed by atoms with Crippen molar-refractivity contribution in [2.75, 3.05) is 23.8 Å². The maximum Gasteiger partial charge on any atom is 0.244 e. The van der Waals surface area contributed by atoms with Crippen LogP contribution < -0.4 is 15.4 Å². The normalized spacial score (nSPS) is 10.3. The van der Waals surface area contributed by atoms with Gasteiger partial charge in [-0.15, -0.1) is 5.10 Å². The van der Waals surface area contributed by atoms with E-state index in [0.29, 0.717) is 18.4 Å². The third-order valence-electron chi connectivity index (χ3n) is 3.55. The molecule has 0 fully saturated rings. The minimum atomic E-state index is 0.495. The molecule has 25 heavy (non-hydrogen) atoms. The summed E-state index contributed by atoms with van der Waals surface area (Å²) in [5, 5.41) is 14.5. The van der Waals surface area contributed by atoms with E-state index in [0.717, 1.165) is 24.4 Å². The predicted molar refractivity (Wildman–Crippen MR) is 99.4 cm³/mol. The third kappa shape index (κ3) is 4.91. The molecule has 6 heteroatoms. The first-order valence-corrected chi connectivity index (χ1v) is 8.31. The molecule has 2 aromatic carbocycles. The van der Waals surface area contributed by atoms with Crippen LogP contribution >= 0.6 is 0 Å². The largest absolute Gasteiger partial charge is 0.492 e. The van der Waals surface area contributed by atoms with Crippen LogP contribution in [-0.2, 0) is 6.42 Å². The van der Waals surface area contributed by atoms with Crippen molar-refractivity contribution >= 4 is 17.5 Å². The fourth-order valence-electron chi connectivity index (χ4n) is 2.39. The van der Waals surface area contributed by atoms with Crippen molar-refractivity contribution in [3.05, 3.63) is 66.4 Å². The van der Waals surface area contributed by atoms with Gasteiger partial charge < -0.3 is 15.4 Å². The Hall–Kier alpha value is -3.15. The molecule has 0 bridgehead atoms. The van der Waals surface area contributed by atoms with E-state index in [1.165, 1.54) is 5.56 Å². The van der Waals surface area contributed by atoms with E-state index in [1.807, 2.05) is 49.4 Å². The lowest BCUT2D eigenvalue weighted by Gasteiger charge is -2.12. The van der Waals surface area contributed by atoms with E-state index in [9.17, 15) is 0 Å². The highest BCUT2D eigenvalue weighted by Crippen LogP contribution is 2.26. The lowest BCUT2D eigenvalue weighted by Crippen LogP contribution is -2.09. The topological polar surface area (TPSA) is 72.0 Å². The SMILES string of the molecule is CCOc1ccccc1Nc1cnnc(NCCc2ccccc2)n1. The van der Waals surface area contributed by atoms with Crippen molar-refractivity contribution < 1.29 is 4.74 Å². The molecule has 1 aromatic heterocycles. The van der Waals surface area contributed by atoms with Crippen LogP contribution in [0.1, 0.15) is 12.5 Å². The first kappa shape index (κ1) is 16.7. The number of rotatable bonds is 8. The number of nitrogens with zero attached hydrogens (tertiary/aromatic N) is 3. The standard InChI is InChI=1S/C19H21N5O/c1-2-25-17-11-7-6-10-16(17)22-18-14-21-24-19(23-18)20-13-12-15-8-4-3-5-9-15/h3-11,14H,2,12-13H2,1H3,(H2,20,22,23,24). The van der Waals surface area contributed by atoms with E-state index in [4.69, 9.17) is 4.74 Å². The maximum absolute atomic E-state index is 5.61. The van der Waals surface area contributed by atoms with Crippen LogP contribution in [0.4, 0.5) is 17.5 Å². The summed E-state index contributed by atoms with van der Waals surface area (Å²) in [4.78, 5) is 4.45. The van der Waals surface area contributed by atoms with Gasteiger partial charge in [0.2, 0.25) is 5.95 Å². The molecule has 0 aliphatic carbocycles. The second-order valence-electron chi connectivity index (χ2n) is 5.38. The number of aromatic nitrogens is 3. The van der Waals surface area contributed by atoms with Crippen LogP contribution in [-0.4, -0.2) is 28.3 Å². The van der Waals surface area contributed by atoms with E-state index < -0.39 is 0 Å². The summed E-state index contributed by atoms with van der Waals surface area (Å²) in [6.45, 7) is 3.30. The summed E-state index contributed by atoms with van der Waals surface area (Å²) in [5.41, 5.74) is 2.11. The van der Waals surface area contributed by atoms with Gasteiger partial charge in [0.1, 0.15) is 5.75 Å². The number of hydrogen-bond acceptors (Lipinski definition) is 6. The van der Waals surface area contributed by atoms with Crippen LogP contribution in [0, 0.1) is 0 Å². The number of anilines is 3. The Balaban J connectivity index is 1.62. The van der Waals surface area contributed by atoms with Gasteiger partial charge in [-0.1, -0.05) is 42.5 Å². The Morgan fingerprint density at radius 2 is 1.80 bits per heavy atom. The van der Waals surface area contributed by atoms with Gasteiger partial charge in [-0.05, 0) is 31.0 Å². The van der Waals surface area contributed by atoms with E-state index in [1.54, 1.807) is 6.20 Å². The molecule has 0 spiro atoms. The first-order chi connectivity index (χ1) is 12.3. The summed E-state index contributed by atoms with van der Waals surface area (Å²) in [5.74, 6) is 1.89. The molecule has 0 saturated carbocycles. The Morgan fingerprint density at radius 1 is 1.00 bits per heavy atom. The van der Waals surface area contributed by atoms with E-state index in [2.05, 4.69) is 37.9 Å². The van der Waals surface area contributed by atoms with Gasteiger partial charge >= 0.3 is 0 Å². The zero-order valence-corrected chi connectivity index (χ0v) is 14.1. The number of ether oxygens (including phenoxy) is 1. The highest BCUT2D eigenvalue weighted by molar-refractivity contribution is 5.63. The Labute approximate surface area is 147 Å². The molecular weight excluding hydrogens is 314 g/mol. The van der Waals surface area contributed by atoms with Crippen LogP contribution in [0.15, 0.2) is 60.8 Å². The van der Waals surface area contributed by atoms with Crippen molar-refractivity contribution in [3.63, 3.8) is 0 Å². The summed E-state index contributed by atoms with van der Waals surface area (Å²) in [6, 6.07) is 18.0. The third-order valence-corrected chi connectivity index (χ3v) is 3.55. The molecule has 0 radical (unpaired) electrons.